The minimum Gasteiger partial charge on any atom is -0.488 e. The van der Waals surface area contributed by atoms with E-state index in [-0.39, 0.29) is 12.2 Å². The summed E-state index contributed by atoms with van der Waals surface area (Å²) in [6.07, 6.45) is 8.24. The molecule has 2 N–H and O–H groups in total. The van der Waals surface area contributed by atoms with Crippen molar-refractivity contribution in [2.75, 3.05) is 5.32 Å². The molecule has 5 heteroatoms. The largest absolute Gasteiger partial charge is 0.488 e. The highest BCUT2D eigenvalue weighted by atomic mass is 32.1. The Bertz CT molecular complexity index is 666. The molecule has 2 fully saturated rings. The van der Waals surface area contributed by atoms with Crippen LogP contribution in [0.3, 0.4) is 0 Å². The number of hydrogen-bond donors (Lipinski definition) is 2. The van der Waals surface area contributed by atoms with Crippen LogP contribution in [0, 0.1) is 0 Å². The van der Waals surface area contributed by atoms with Gasteiger partial charge < -0.3 is 15.2 Å². The van der Waals surface area contributed by atoms with Crippen molar-refractivity contribution in [1.29, 1.82) is 0 Å². The zero-order chi connectivity index (χ0) is 16.4. The van der Waals surface area contributed by atoms with Gasteiger partial charge in [0.15, 0.2) is 0 Å². The summed E-state index contributed by atoms with van der Waals surface area (Å²) >= 11 is 1.82. The predicted octanol–water partition coefficient (Wildman–Crippen LogP) is 4.31. The van der Waals surface area contributed by atoms with Gasteiger partial charge in [-0.25, -0.2) is 4.98 Å². The second-order valence-corrected chi connectivity index (χ2v) is 7.97. The number of thiazole rings is 1. The van der Waals surface area contributed by atoms with E-state index in [9.17, 15) is 5.11 Å². The van der Waals surface area contributed by atoms with Crippen LogP contribution in [0.25, 0.3) is 0 Å². The Morgan fingerprint density at radius 3 is 2.67 bits per heavy atom. The van der Waals surface area contributed by atoms with Gasteiger partial charge in [-0.15, -0.1) is 11.3 Å². The summed E-state index contributed by atoms with van der Waals surface area (Å²) in [5, 5.41) is 14.7. The highest BCUT2D eigenvalue weighted by molar-refractivity contribution is 7.11. The van der Waals surface area contributed by atoms with Crippen LogP contribution in [0.15, 0.2) is 30.5 Å². The van der Waals surface area contributed by atoms with Crippen molar-refractivity contribution in [2.45, 2.75) is 63.2 Å². The molecule has 4 nitrogen and oxygen atoms in total. The number of ether oxygens (including phenoxy) is 1. The van der Waals surface area contributed by atoms with E-state index < -0.39 is 0 Å². The molecule has 4 rings (SSSR count). The van der Waals surface area contributed by atoms with Crippen molar-refractivity contribution in [3.8, 4) is 5.75 Å². The quantitative estimate of drug-likeness (QED) is 0.820. The van der Waals surface area contributed by atoms with Crippen molar-refractivity contribution in [2.24, 2.45) is 0 Å². The highest BCUT2D eigenvalue weighted by Gasteiger charge is 2.26. The van der Waals surface area contributed by atoms with E-state index >= 15 is 0 Å². The van der Waals surface area contributed by atoms with Crippen LogP contribution in [-0.4, -0.2) is 22.3 Å². The van der Waals surface area contributed by atoms with Crippen LogP contribution in [0.4, 0.5) is 5.69 Å². The van der Waals surface area contributed by atoms with Crippen LogP contribution in [0.5, 0.6) is 5.75 Å². The molecule has 128 valence electrons. The minimum absolute atomic E-state index is 0.0596. The number of aromatic nitrogens is 1. The maximum atomic E-state index is 10.00. The third kappa shape index (κ3) is 3.90. The number of nitrogens with one attached hydrogen (secondary N) is 1. The van der Waals surface area contributed by atoms with Gasteiger partial charge in [0, 0.05) is 22.7 Å². The first-order valence-electron chi connectivity index (χ1n) is 8.91. The molecule has 2 aliphatic carbocycles. The average Bonchev–Trinajstić information content (AvgIpc) is 3.35. The normalized spacial score (nSPS) is 23.9. The summed E-state index contributed by atoms with van der Waals surface area (Å²) in [5.41, 5.74) is 1.08. The molecule has 0 aliphatic heterocycles. The molecular formula is C19H24N2O2S. The van der Waals surface area contributed by atoms with E-state index in [4.69, 9.17) is 4.74 Å². The number of nitrogens with zero attached hydrogens (tertiary/aromatic N) is 1. The average molecular weight is 344 g/mol. The first-order valence-corrected chi connectivity index (χ1v) is 9.73. The van der Waals surface area contributed by atoms with Gasteiger partial charge in [0.2, 0.25) is 0 Å². The fraction of sp³-hybridized carbons (Fsp3) is 0.526. The Morgan fingerprint density at radius 1 is 1.12 bits per heavy atom. The molecule has 0 saturated heterocycles. The van der Waals surface area contributed by atoms with Crippen molar-refractivity contribution in [3.05, 3.63) is 40.3 Å². The molecule has 2 atom stereocenters. The summed E-state index contributed by atoms with van der Waals surface area (Å²) < 4.78 is 5.94. The van der Waals surface area contributed by atoms with E-state index in [0.717, 1.165) is 49.6 Å². The summed E-state index contributed by atoms with van der Waals surface area (Å²) in [4.78, 5) is 5.79. The lowest BCUT2D eigenvalue weighted by Crippen LogP contribution is -2.34. The maximum absolute atomic E-state index is 10.00. The van der Waals surface area contributed by atoms with Gasteiger partial charge in [0.25, 0.3) is 0 Å². The molecule has 1 aromatic carbocycles. The van der Waals surface area contributed by atoms with Crippen LogP contribution in [-0.2, 0) is 6.54 Å². The molecule has 0 radical (unpaired) electrons. The topological polar surface area (TPSA) is 54.4 Å². The van der Waals surface area contributed by atoms with Crippen molar-refractivity contribution in [3.63, 3.8) is 0 Å². The number of aliphatic hydroxyl groups excluding tert-OH is 1. The molecule has 2 aliphatic rings. The van der Waals surface area contributed by atoms with E-state index in [0.29, 0.717) is 0 Å². The maximum Gasteiger partial charge on any atom is 0.124 e. The molecule has 2 saturated carbocycles. The van der Waals surface area contributed by atoms with Gasteiger partial charge in [-0.1, -0.05) is 6.42 Å². The van der Waals surface area contributed by atoms with E-state index in [1.165, 1.54) is 22.7 Å². The molecule has 0 bridgehead atoms. The lowest BCUT2D eigenvalue weighted by Gasteiger charge is -2.28. The predicted molar refractivity (Wildman–Crippen MR) is 96.7 cm³/mol. The Morgan fingerprint density at radius 2 is 1.92 bits per heavy atom. The summed E-state index contributed by atoms with van der Waals surface area (Å²) in [6.45, 7) is 0.811. The number of benzene rings is 1. The minimum atomic E-state index is -0.330. The lowest BCUT2D eigenvalue weighted by molar-refractivity contribution is 0.00688. The first kappa shape index (κ1) is 15.9. The number of aliphatic hydroxyl groups is 1. The lowest BCUT2D eigenvalue weighted by atomic mass is 9.95. The second kappa shape index (κ2) is 7.11. The third-order valence-corrected chi connectivity index (χ3v) is 5.93. The van der Waals surface area contributed by atoms with E-state index in [1.54, 1.807) is 0 Å². The van der Waals surface area contributed by atoms with Gasteiger partial charge in [-0.2, -0.15) is 0 Å². The zero-order valence-electron chi connectivity index (χ0n) is 13.8. The second-order valence-electron chi connectivity index (χ2n) is 6.83. The molecule has 0 spiro atoms. The van der Waals surface area contributed by atoms with Gasteiger partial charge in [0.1, 0.15) is 11.9 Å². The van der Waals surface area contributed by atoms with Gasteiger partial charge in [0.05, 0.1) is 17.7 Å². The fourth-order valence-electron chi connectivity index (χ4n) is 3.15. The van der Waals surface area contributed by atoms with Crippen LogP contribution < -0.4 is 10.1 Å². The molecule has 2 unspecified atom stereocenters. The first-order chi connectivity index (χ1) is 11.8. The molecule has 24 heavy (non-hydrogen) atoms. The monoisotopic (exact) mass is 344 g/mol. The molecule has 0 amide bonds. The van der Waals surface area contributed by atoms with E-state index in [2.05, 4.69) is 10.3 Å². The summed E-state index contributed by atoms with van der Waals surface area (Å²) in [7, 11) is 0. The Kier molecular flexibility index (Phi) is 4.72. The Labute approximate surface area is 146 Å². The zero-order valence-corrected chi connectivity index (χ0v) is 14.6. The highest BCUT2D eigenvalue weighted by Crippen LogP contribution is 2.41. The summed E-state index contributed by atoms with van der Waals surface area (Å²) in [6, 6.07) is 8.03. The van der Waals surface area contributed by atoms with Gasteiger partial charge in [-0.05, 0) is 56.4 Å². The van der Waals surface area contributed by atoms with Crippen molar-refractivity contribution < 1.29 is 9.84 Å². The third-order valence-electron chi connectivity index (χ3n) is 4.77. The SMILES string of the molecule is OC1CCCCC1Oc1ccc(NCc2cnc(C3CC3)s2)cc1. The summed E-state index contributed by atoms with van der Waals surface area (Å²) in [5.74, 6) is 1.57. The van der Waals surface area contributed by atoms with E-state index in [1.807, 2.05) is 41.8 Å². The van der Waals surface area contributed by atoms with Crippen LogP contribution in [0.2, 0.25) is 0 Å². The smallest absolute Gasteiger partial charge is 0.124 e. The van der Waals surface area contributed by atoms with Crippen LogP contribution in [0.1, 0.15) is 54.3 Å². The van der Waals surface area contributed by atoms with Crippen molar-refractivity contribution >= 4 is 17.0 Å². The van der Waals surface area contributed by atoms with Crippen molar-refractivity contribution in [1.82, 2.24) is 4.98 Å². The standard InChI is InChI=1S/C19H24N2O2S/c22-17-3-1-2-4-18(17)23-15-9-7-14(8-10-15)20-11-16-12-21-19(24-16)13-5-6-13/h7-10,12-13,17-18,20,22H,1-6,11H2. The molecule has 2 aromatic rings. The van der Waals surface area contributed by atoms with Gasteiger partial charge in [-0.3, -0.25) is 0 Å². The Balaban J connectivity index is 1.30. The fourth-order valence-corrected chi connectivity index (χ4v) is 4.18. The number of hydrogen-bond acceptors (Lipinski definition) is 5. The molecule has 1 heterocycles. The Hall–Kier alpha value is -1.59. The van der Waals surface area contributed by atoms with Crippen LogP contribution >= 0.6 is 11.3 Å². The molecular weight excluding hydrogens is 320 g/mol. The number of anilines is 1. The number of rotatable bonds is 6. The van der Waals surface area contributed by atoms with Gasteiger partial charge >= 0.3 is 0 Å². The molecule has 1 aromatic heterocycles.